The van der Waals surface area contributed by atoms with Gasteiger partial charge in [0.15, 0.2) is 0 Å². The third kappa shape index (κ3) is 4.97. The molecule has 0 aliphatic carbocycles. The van der Waals surface area contributed by atoms with Crippen molar-refractivity contribution in [1.29, 1.82) is 0 Å². The number of nitrogens with one attached hydrogen (secondary N) is 1. The number of rotatable bonds is 4. The first-order chi connectivity index (χ1) is 12.0. The number of anilines is 1. The Kier molecular flexibility index (Phi) is 6.00. The lowest BCUT2D eigenvalue weighted by Gasteiger charge is -2.30. The average molecular weight is 377 g/mol. The van der Waals surface area contributed by atoms with Gasteiger partial charge in [-0.05, 0) is 61.2 Å². The Balaban J connectivity index is 1.62. The van der Waals surface area contributed by atoms with Crippen molar-refractivity contribution >= 4 is 34.8 Å². The number of hydrogen-bond acceptors (Lipinski definition) is 2. The maximum absolute atomic E-state index is 12.4. The fourth-order valence-corrected chi connectivity index (χ4v) is 3.69. The average Bonchev–Trinajstić information content (AvgIpc) is 2.58. The van der Waals surface area contributed by atoms with Crippen molar-refractivity contribution in [1.82, 2.24) is 4.90 Å². The first-order valence-corrected chi connectivity index (χ1v) is 9.34. The Hall–Kier alpha value is -1.55. The fraction of sp³-hybridized carbons (Fsp3) is 0.350. The van der Waals surface area contributed by atoms with Gasteiger partial charge in [0, 0.05) is 23.7 Å². The van der Waals surface area contributed by atoms with Crippen LogP contribution in [0, 0.1) is 5.92 Å². The zero-order chi connectivity index (χ0) is 17.8. The van der Waals surface area contributed by atoms with E-state index >= 15 is 0 Å². The summed E-state index contributed by atoms with van der Waals surface area (Å²) in [5.74, 6) is 0.588. The lowest BCUT2D eigenvalue weighted by molar-refractivity contribution is 0.102. The van der Waals surface area contributed by atoms with Crippen LogP contribution in [0.2, 0.25) is 10.0 Å². The number of benzene rings is 2. The van der Waals surface area contributed by atoms with Crippen LogP contribution in [0.3, 0.4) is 0 Å². The van der Waals surface area contributed by atoms with Gasteiger partial charge in [-0.1, -0.05) is 42.3 Å². The van der Waals surface area contributed by atoms with E-state index in [9.17, 15) is 4.79 Å². The van der Waals surface area contributed by atoms with Crippen LogP contribution in [0.15, 0.2) is 42.5 Å². The molecule has 2 aromatic rings. The summed E-state index contributed by atoms with van der Waals surface area (Å²) in [5.41, 5.74) is 2.40. The molecule has 0 unspecified atom stereocenters. The molecule has 1 aliphatic rings. The first kappa shape index (κ1) is 18.2. The summed E-state index contributed by atoms with van der Waals surface area (Å²) in [5, 5.41) is 3.79. The maximum atomic E-state index is 12.4. The van der Waals surface area contributed by atoms with Crippen molar-refractivity contribution < 1.29 is 4.79 Å². The van der Waals surface area contributed by atoms with Gasteiger partial charge >= 0.3 is 0 Å². The van der Waals surface area contributed by atoms with Gasteiger partial charge in [0.2, 0.25) is 0 Å². The number of amides is 1. The Bertz CT molecular complexity index is 746. The van der Waals surface area contributed by atoms with Crippen molar-refractivity contribution in [3.8, 4) is 0 Å². The first-order valence-electron chi connectivity index (χ1n) is 8.59. The van der Waals surface area contributed by atoms with E-state index in [2.05, 4.69) is 17.1 Å². The minimum absolute atomic E-state index is 0.178. The summed E-state index contributed by atoms with van der Waals surface area (Å²) in [6, 6.07) is 12.8. The molecule has 1 heterocycles. The molecule has 1 atom stereocenters. The molecule has 3 nitrogen and oxygen atoms in total. The Morgan fingerprint density at radius 1 is 1.20 bits per heavy atom. The topological polar surface area (TPSA) is 32.3 Å². The summed E-state index contributed by atoms with van der Waals surface area (Å²) in [7, 11) is 0. The number of piperidine rings is 1. The molecule has 1 aliphatic heterocycles. The molecule has 0 bridgehead atoms. The van der Waals surface area contributed by atoms with E-state index in [4.69, 9.17) is 23.2 Å². The van der Waals surface area contributed by atoms with E-state index in [1.54, 1.807) is 18.2 Å². The van der Waals surface area contributed by atoms with Gasteiger partial charge in [-0.2, -0.15) is 0 Å². The number of carbonyl (C=O) groups excluding carboxylic acids is 1. The van der Waals surface area contributed by atoms with Gasteiger partial charge in [0.1, 0.15) is 0 Å². The number of halogens is 2. The predicted octanol–water partition coefficient (Wildman–Crippen LogP) is 5.48. The van der Waals surface area contributed by atoms with Gasteiger partial charge in [0.25, 0.3) is 5.91 Å². The standard InChI is InChI=1S/C20H22Cl2N2O/c1-14-3-2-10-24(12-14)13-15-4-6-16(7-5-15)20(25)23-19-9-8-17(21)11-18(19)22/h4-9,11,14H,2-3,10,12-13H2,1H3,(H,23,25)/t14-/m0/s1. The lowest BCUT2D eigenvalue weighted by atomic mass is 9.99. The maximum Gasteiger partial charge on any atom is 0.255 e. The minimum Gasteiger partial charge on any atom is -0.321 e. The molecule has 5 heteroatoms. The number of nitrogens with zero attached hydrogens (tertiary/aromatic N) is 1. The van der Waals surface area contributed by atoms with E-state index in [0.29, 0.717) is 21.3 Å². The van der Waals surface area contributed by atoms with E-state index in [1.807, 2.05) is 24.3 Å². The SMILES string of the molecule is C[C@H]1CCCN(Cc2ccc(C(=O)Nc3ccc(Cl)cc3Cl)cc2)C1. The van der Waals surface area contributed by atoms with Crippen LogP contribution in [0.5, 0.6) is 0 Å². The molecule has 0 saturated carbocycles. The van der Waals surface area contributed by atoms with Crippen LogP contribution in [0.25, 0.3) is 0 Å². The largest absolute Gasteiger partial charge is 0.321 e. The predicted molar refractivity (Wildman–Crippen MR) is 105 cm³/mol. The van der Waals surface area contributed by atoms with Gasteiger partial charge in [0.05, 0.1) is 10.7 Å². The molecule has 3 rings (SSSR count). The smallest absolute Gasteiger partial charge is 0.255 e. The Labute approximate surface area is 158 Å². The summed E-state index contributed by atoms with van der Waals surface area (Å²) >= 11 is 12.0. The molecule has 132 valence electrons. The highest BCUT2D eigenvalue weighted by Gasteiger charge is 2.16. The van der Waals surface area contributed by atoms with Crippen molar-refractivity contribution in [2.24, 2.45) is 5.92 Å². The molecule has 0 radical (unpaired) electrons. The molecule has 0 aromatic heterocycles. The lowest BCUT2D eigenvalue weighted by Crippen LogP contribution is -2.33. The molecule has 1 fully saturated rings. The number of carbonyl (C=O) groups is 1. The zero-order valence-electron chi connectivity index (χ0n) is 14.3. The van der Waals surface area contributed by atoms with Crippen LogP contribution < -0.4 is 5.32 Å². The van der Waals surface area contributed by atoms with Crippen molar-refractivity contribution in [3.05, 3.63) is 63.6 Å². The highest BCUT2D eigenvalue weighted by Crippen LogP contribution is 2.26. The molecule has 1 amide bonds. The quantitative estimate of drug-likeness (QED) is 0.766. The Morgan fingerprint density at radius 3 is 2.64 bits per heavy atom. The second kappa shape index (κ2) is 8.22. The second-order valence-electron chi connectivity index (χ2n) is 6.76. The summed E-state index contributed by atoms with van der Waals surface area (Å²) in [6.45, 7) is 5.55. The third-order valence-electron chi connectivity index (χ3n) is 4.54. The highest BCUT2D eigenvalue weighted by molar-refractivity contribution is 6.36. The molecular weight excluding hydrogens is 355 g/mol. The molecule has 1 N–H and O–H groups in total. The fourth-order valence-electron chi connectivity index (χ4n) is 3.24. The number of hydrogen-bond donors (Lipinski definition) is 1. The summed E-state index contributed by atoms with van der Waals surface area (Å²) < 4.78 is 0. The monoisotopic (exact) mass is 376 g/mol. The minimum atomic E-state index is -0.178. The molecule has 2 aromatic carbocycles. The van der Waals surface area contributed by atoms with Crippen LogP contribution in [-0.4, -0.2) is 23.9 Å². The molecule has 25 heavy (non-hydrogen) atoms. The van der Waals surface area contributed by atoms with Gasteiger partial charge in [-0.3, -0.25) is 9.69 Å². The molecule has 0 spiro atoms. The van der Waals surface area contributed by atoms with Crippen LogP contribution in [0.4, 0.5) is 5.69 Å². The van der Waals surface area contributed by atoms with E-state index in [-0.39, 0.29) is 5.91 Å². The highest BCUT2D eigenvalue weighted by atomic mass is 35.5. The zero-order valence-corrected chi connectivity index (χ0v) is 15.8. The Morgan fingerprint density at radius 2 is 1.96 bits per heavy atom. The third-order valence-corrected chi connectivity index (χ3v) is 5.09. The summed E-state index contributed by atoms with van der Waals surface area (Å²) in [6.07, 6.45) is 2.59. The number of likely N-dealkylation sites (tertiary alicyclic amines) is 1. The van der Waals surface area contributed by atoms with Crippen LogP contribution in [0.1, 0.15) is 35.7 Å². The van der Waals surface area contributed by atoms with Gasteiger partial charge in [-0.15, -0.1) is 0 Å². The van der Waals surface area contributed by atoms with Gasteiger partial charge < -0.3 is 5.32 Å². The molecular formula is C20H22Cl2N2O. The van der Waals surface area contributed by atoms with Crippen LogP contribution in [-0.2, 0) is 6.54 Å². The normalized spacial score (nSPS) is 18.1. The summed E-state index contributed by atoms with van der Waals surface area (Å²) in [4.78, 5) is 14.9. The van der Waals surface area contributed by atoms with Gasteiger partial charge in [-0.25, -0.2) is 0 Å². The van der Waals surface area contributed by atoms with Crippen LogP contribution >= 0.6 is 23.2 Å². The van der Waals surface area contributed by atoms with Crippen molar-refractivity contribution in [2.75, 3.05) is 18.4 Å². The van der Waals surface area contributed by atoms with E-state index < -0.39 is 0 Å². The van der Waals surface area contributed by atoms with E-state index in [0.717, 1.165) is 25.6 Å². The second-order valence-corrected chi connectivity index (χ2v) is 7.60. The van der Waals surface area contributed by atoms with Crippen molar-refractivity contribution in [3.63, 3.8) is 0 Å². The van der Waals surface area contributed by atoms with E-state index in [1.165, 1.54) is 18.4 Å². The van der Waals surface area contributed by atoms with Crippen molar-refractivity contribution in [2.45, 2.75) is 26.3 Å². The molecule has 1 saturated heterocycles.